The highest BCUT2D eigenvalue weighted by molar-refractivity contribution is 7.88. The van der Waals surface area contributed by atoms with Gasteiger partial charge in [-0.3, -0.25) is 0 Å². The van der Waals surface area contributed by atoms with Gasteiger partial charge in [-0.2, -0.15) is 4.31 Å². The van der Waals surface area contributed by atoms with Gasteiger partial charge >= 0.3 is 0 Å². The Morgan fingerprint density at radius 1 is 1.28 bits per heavy atom. The minimum absolute atomic E-state index is 0.0595. The molecule has 0 saturated carbocycles. The second-order valence-electron chi connectivity index (χ2n) is 4.22. The lowest BCUT2D eigenvalue weighted by Gasteiger charge is -2.25. The second kappa shape index (κ2) is 5.54. The number of sulfonamides is 1. The fourth-order valence-electron chi connectivity index (χ4n) is 1.95. The number of hydrogen-bond acceptors (Lipinski definition) is 3. The van der Waals surface area contributed by atoms with Crippen molar-refractivity contribution in [3.05, 3.63) is 47.7 Å². The van der Waals surface area contributed by atoms with Crippen LogP contribution < -0.4 is 0 Å². The van der Waals surface area contributed by atoms with E-state index in [1.54, 1.807) is 7.11 Å². The fourth-order valence-corrected chi connectivity index (χ4v) is 3.41. The molecule has 0 bridgehead atoms. The van der Waals surface area contributed by atoms with Gasteiger partial charge < -0.3 is 4.74 Å². The average molecular weight is 267 g/mol. The predicted molar refractivity (Wildman–Crippen MR) is 70.3 cm³/mol. The molecule has 1 aromatic rings. The molecular formula is C13H17NO3S. The van der Waals surface area contributed by atoms with Crippen molar-refractivity contribution >= 4 is 10.0 Å². The molecule has 4 nitrogen and oxygen atoms in total. The Bertz CT molecular complexity index is 522. The Hall–Kier alpha value is -1.33. The van der Waals surface area contributed by atoms with Crippen molar-refractivity contribution in [1.82, 2.24) is 4.31 Å². The molecule has 0 unspecified atom stereocenters. The van der Waals surface area contributed by atoms with Crippen LogP contribution in [0.1, 0.15) is 12.0 Å². The molecular weight excluding hydrogens is 250 g/mol. The molecule has 1 aliphatic rings. The maximum absolute atomic E-state index is 12.2. The van der Waals surface area contributed by atoms with Gasteiger partial charge in [0, 0.05) is 19.5 Å². The van der Waals surface area contributed by atoms with Crippen LogP contribution in [0.2, 0.25) is 0 Å². The van der Waals surface area contributed by atoms with Gasteiger partial charge in [-0.1, -0.05) is 30.3 Å². The van der Waals surface area contributed by atoms with Crippen molar-refractivity contribution in [2.75, 3.05) is 20.2 Å². The third-order valence-electron chi connectivity index (χ3n) is 2.98. The second-order valence-corrected chi connectivity index (χ2v) is 6.19. The average Bonchev–Trinajstić information content (AvgIpc) is 2.39. The molecule has 0 saturated heterocycles. The SMILES string of the molecule is COC1=CCN(S(=O)(=O)Cc2ccccc2)CC1. The Morgan fingerprint density at radius 3 is 2.56 bits per heavy atom. The van der Waals surface area contributed by atoms with E-state index in [1.165, 1.54) is 4.31 Å². The molecule has 18 heavy (non-hydrogen) atoms. The van der Waals surface area contributed by atoms with Crippen LogP contribution in [0.4, 0.5) is 0 Å². The molecule has 1 aliphatic heterocycles. The number of hydrogen-bond donors (Lipinski definition) is 0. The summed E-state index contributed by atoms with van der Waals surface area (Å²) in [6.07, 6.45) is 2.47. The van der Waals surface area contributed by atoms with Gasteiger partial charge in [-0.25, -0.2) is 8.42 Å². The lowest BCUT2D eigenvalue weighted by atomic mass is 10.2. The first-order valence-corrected chi connectivity index (χ1v) is 7.47. The van der Waals surface area contributed by atoms with E-state index in [4.69, 9.17) is 4.74 Å². The summed E-state index contributed by atoms with van der Waals surface area (Å²) in [5.74, 6) is 0.922. The largest absolute Gasteiger partial charge is 0.501 e. The summed E-state index contributed by atoms with van der Waals surface area (Å²) in [5.41, 5.74) is 0.819. The van der Waals surface area contributed by atoms with Crippen molar-refractivity contribution in [2.45, 2.75) is 12.2 Å². The third-order valence-corrected chi connectivity index (χ3v) is 4.79. The van der Waals surface area contributed by atoms with E-state index in [-0.39, 0.29) is 5.75 Å². The maximum atomic E-state index is 12.2. The lowest BCUT2D eigenvalue weighted by molar-refractivity contribution is 0.254. The summed E-state index contributed by atoms with van der Waals surface area (Å²) in [4.78, 5) is 0. The molecule has 0 aliphatic carbocycles. The van der Waals surface area contributed by atoms with Gasteiger partial charge in [0.25, 0.3) is 0 Å². The molecule has 2 rings (SSSR count). The third kappa shape index (κ3) is 3.11. The molecule has 0 amide bonds. The summed E-state index contributed by atoms with van der Waals surface area (Å²) >= 11 is 0. The first-order chi connectivity index (χ1) is 8.62. The Kier molecular flexibility index (Phi) is 4.04. The predicted octanol–water partition coefficient (Wildman–Crippen LogP) is 1.75. The summed E-state index contributed by atoms with van der Waals surface area (Å²) in [5, 5.41) is 0. The van der Waals surface area contributed by atoms with Crippen LogP contribution >= 0.6 is 0 Å². The van der Waals surface area contributed by atoms with Crippen LogP contribution in [0.5, 0.6) is 0 Å². The van der Waals surface area contributed by atoms with Gasteiger partial charge in [0.15, 0.2) is 0 Å². The van der Waals surface area contributed by atoms with Gasteiger partial charge in [-0.05, 0) is 11.6 Å². The Labute approximate surface area is 108 Å². The van der Waals surface area contributed by atoms with E-state index in [0.29, 0.717) is 19.5 Å². The van der Waals surface area contributed by atoms with E-state index < -0.39 is 10.0 Å². The molecule has 1 heterocycles. The van der Waals surface area contributed by atoms with Crippen LogP contribution in [-0.2, 0) is 20.5 Å². The zero-order valence-electron chi connectivity index (χ0n) is 10.4. The van der Waals surface area contributed by atoms with E-state index >= 15 is 0 Å². The first-order valence-electron chi connectivity index (χ1n) is 5.86. The van der Waals surface area contributed by atoms with Crippen LogP contribution in [0.25, 0.3) is 0 Å². The zero-order valence-corrected chi connectivity index (χ0v) is 11.2. The smallest absolute Gasteiger partial charge is 0.218 e. The molecule has 0 aromatic heterocycles. The highest BCUT2D eigenvalue weighted by Gasteiger charge is 2.24. The number of benzene rings is 1. The number of rotatable bonds is 4. The van der Waals surface area contributed by atoms with E-state index in [2.05, 4.69) is 0 Å². The lowest BCUT2D eigenvalue weighted by Crippen LogP contribution is -2.35. The molecule has 0 N–H and O–H groups in total. The highest BCUT2D eigenvalue weighted by Crippen LogP contribution is 2.17. The van der Waals surface area contributed by atoms with E-state index in [0.717, 1.165) is 11.3 Å². The van der Waals surface area contributed by atoms with E-state index in [1.807, 2.05) is 36.4 Å². The summed E-state index contributed by atoms with van der Waals surface area (Å²) in [6, 6.07) is 9.24. The van der Waals surface area contributed by atoms with Crippen molar-refractivity contribution in [3.63, 3.8) is 0 Å². The standard InChI is InChI=1S/C13H17NO3S/c1-17-13-7-9-14(10-8-13)18(15,16)11-12-5-3-2-4-6-12/h2-7H,8-11H2,1H3. The number of methoxy groups -OCH3 is 1. The van der Waals surface area contributed by atoms with Crippen LogP contribution in [-0.4, -0.2) is 32.9 Å². The molecule has 0 radical (unpaired) electrons. The van der Waals surface area contributed by atoms with Crippen LogP contribution in [0.15, 0.2) is 42.2 Å². The summed E-state index contributed by atoms with van der Waals surface area (Å²) in [7, 11) is -1.62. The molecule has 0 spiro atoms. The first kappa shape index (κ1) is 13.1. The highest BCUT2D eigenvalue weighted by atomic mass is 32.2. The molecule has 0 fully saturated rings. The van der Waals surface area contributed by atoms with Crippen LogP contribution in [0.3, 0.4) is 0 Å². The Morgan fingerprint density at radius 2 is 2.00 bits per heavy atom. The van der Waals surface area contributed by atoms with Gasteiger partial charge in [-0.15, -0.1) is 0 Å². The Balaban J connectivity index is 2.07. The minimum atomic E-state index is -3.23. The maximum Gasteiger partial charge on any atom is 0.218 e. The van der Waals surface area contributed by atoms with E-state index in [9.17, 15) is 8.42 Å². The molecule has 98 valence electrons. The molecule has 5 heteroatoms. The van der Waals surface area contributed by atoms with Gasteiger partial charge in [0.05, 0.1) is 18.6 Å². The molecule has 1 aromatic carbocycles. The number of nitrogens with zero attached hydrogens (tertiary/aromatic N) is 1. The van der Waals surface area contributed by atoms with Crippen molar-refractivity contribution in [1.29, 1.82) is 0 Å². The minimum Gasteiger partial charge on any atom is -0.501 e. The number of ether oxygens (including phenoxy) is 1. The van der Waals surface area contributed by atoms with Gasteiger partial charge in [0.2, 0.25) is 10.0 Å². The topological polar surface area (TPSA) is 46.6 Å². The zero-order chi connectivity index (χ0) is 13.0. The van der Waals surface area contributed by atoms with Gasteiger partial charge in [0.1, 0.15) is 0 Å². The van der Waals surface area contributed by atoms with Crippen LogP contribution in [0, 0.1) is 0 Å². The monoisotopic (exact) mass is 267 g/mol. The van der Waals surface area contributed by atoms with Crippen molar-refractivity contribution in [3.8, 4) is 0 Å². The fraction of sp³-hybridized carbons (Fsp3) is 0.385. The van der Waals surface area contributed by atoms with Crippen molar-refractivity contribution < 1.29 is 13.2 Å². The summed E-state index contributed by atoms with van der Waals surface area (Å²) < 4.78 is 31.0. The summed E-state index contributed by atoms with van der Waals surface area (Å²) in [6.45, 7) is 0.896. The quantitative estimate of drug-likeness (QED) is 0.835. The normalized spacial score (nSPS) is 17.3. The van der Waals surface area contributed by atoms with Crippen molar-refractivity contribution in [2.24, 2.45) is 0 Å². The molecule has 0 atom stereocenters.